The number of benzene rings is 1. The van der Waals surface area contributed by atoms with Crippen LogP contribution in [0.1, 0.15) is 23.3 Å². The molecule has 150 valence electrons. The minimum atomic E-state index is -3.95. The van der Waals surface area contributed by atoms with Crippen LogP contribution in [0.25, 0.3) is 0 Å². The van der Waals surface area contributed by atoms with Crippen LogP contribution in [-0.4, -0.2) is 39.0 Å². The molecule has 1 saturated heterocycles. The monoisotopic (exact) mass is 422 g/mol. The van der Waals surface area contributed by atoms with Crippen molar-refractivity contribution in [2.75, 3.05) is 6.54 Å². The molecule has 0 saturated carbocycles. The highest BCUT2D eigenvalue weighted by molar-refractivity contribution is 7.89. The minimum absolute atomic E-state index is 0.0471. The van der Waals surface area contributed by atoms with Gasteiger partial charge in [0.25, 0.3) is 0 Å². The molecule has 2 atom stereocenters. The number of aryl methyl sites for hydroxylation is 1. The van der Waals surface area contributed by atoms with E-state index in [0.29, 0.717) is 13.0 Å². The smallest absolute Gasteiger partial charge is 0.332 e. The Bertz CT molecular complexity index is 918. The van der Waals surface area contributed by atoms with E-state index in [1.807, 2.05) is 18.4 Å². The van der Waals surface area contributed by atoms with E-state index in [1.165, 1.54) is 23.5 Å². The van der Waals surface area contributed by atoms with Crippen molar-refractivity contribution in [3.05, 3.63) is 52.2 Å². The zero-order chi connectivity index (χ0) is 20.1. The Kier molecular flexibility index (Phi) is 6.61. The van der Waals surface area contributed by atoms with E-state index in [4.69, 9.17) is 4.74 Å². The van der Waals surface area contributed by atoms with Crippen LogP contribution >= 0.6 is 11.3 Å². The average Bonchev–Trinajstić information content (AvgIpc) is 3.35. The maximum Gasteiger partial charge on any atom is 0.332 e. The summed E-state index contributed by atoms with van der Waals surface area (Å²) in [6, 6.07) is 8.18. The normalized spacial score (nSPS) is 18.0. The van der Waals surface area contributed by atoms with E-state index in [1.54, 1.807) is 18.2 Å². The second-order valence-corrected chi connectivity index (χ2v) is 9.41. The van der Waals surface area contributed by atoms with Gasteiger partial charge in [0.15, 0.2) is 0 Å². The van der Waals surface area contributed by atoms with Crippen molar-refractivity contribution in [2.45, 2.75) is 43.2 Å². The first kappa shape index (κ1) is 20.7. The molecule has 3 rings (SSSR count). The lowest BCUT2D eigenvalue weighted by molar-refractivity contribution is -0.162. The molecule has 7 nitrogen and oxygen atoms in total. The van der Waals surface area contributed by atoms with Gasteiger partial charge < -0.3 is 10.1 Å². The van der Waals surface area contributed by atoms with Gasteiger partial charge in [0, 0.05) is 11.3 Å². The molecule has 0 bridgehead atoms. The molecule has 1 aliphatic rings. The standard InChI is InChI=1S/C19H22N2O5S2/c1-13-6-8-15(9-7-13)28(24,25)21-17(12-14-4-3-11-27-14)19(23)26-18(22)16-5-2-10-20-16/h3-4,6-9,11,16-17,20-21H,2,5,10,12H2,1H3/t16-,17-/m0/s1. The van der Waals surface area contributed by atoms with Crippen LogP contribution in [0.2, 0.25) is 0 Å². The predicted molar refractivity (Wildman–Crippen MR) is 105 cm³/mol. The fraction of sp³-hybridized carbons (Fsp3) is 0.368. The van der Waals surface area contributed by atoms with Gasteiger partial charge in [0.2, 0.25) is 10.0 Å². The fourth-order valence-electron chi connectivity index (χ4n) is 2.90. The molecule has 1 fully saturated rings. The first-order valence-electron chi connectivity index (χ1n) is 8.95. The van der Waals surface area contributed by atoms with Crippen LogP contribution in [0, 0.1) is 6.92 Å². The third kappa shape index (κ3) is 5.26. The SMILES string of the molecule is Cc1ccc(S(=O)(=O)N[C@@H](Cc2cccs2)C(=O)OC(=O)[C@@H]2CCCN2)cc1. The Morgan fingerprint density at radius 2 is 2.04 bits per heavy atom. The number of nitrogens with one attached hydrogen (secondary N) is 2. The van der Waals surface area contributed by atoms with Gasteiger partial charge in [-0.05, 0) is 49.9 Å². The Morgan fingerprint density at radius 3 is 2.64 bits per heavy atom. The summed E-state index contributed by atoms with van der Waals surface area (Å²) in [5.74, 6) is -1.57. The van der Waals surface area contributed by atoms with Gasteiger partial charge >= 0.3 is 11.9 Å². The summed E-state index contributed by atoms with van der Waals surface area (Å²) in [4.78, 5) is 25.6. The summed E-state index contributed by atoms with van der Waals surface area (Å²) >= 11 is 1.40. The van der Waals surface area contributed by atoms with Crippen molar-refractivity contribution in [1.82, 2.24) is 10.0 Å². The number of thiophene rings is 1. The number of hydrogen-bond donors (Lipinski definition) is 2. The third-order valence-corrected chi connectivity index (χ3v) is 6.83. The quantitative estimate of drug-likeness (QED) is 0.521. The van der Waals surface area contributed by atoms with Crippen molar-refractivity contribution < 1.29 is 22.7 Å². The lowest BCUT2D eigenvalue weighted by Gasteiger charge is -2.18. The molecule has 9 heteroatoms. The minimum Gasteiger partial charge on any atom is -0.391 e. The van der Waals surface area contributed by atoms with Crippen LogP contribution in [0.15, 0.2) is 46.7 Å². The molecule has 0 amide bonds. The maximum absolute atomic E-state index is 12.7. The number of ether oxygens (including phenoxy) is 1. The zero-order valence-electron chi connectivity index (χ0n) is 15.4. The number of rotatable bonds is 7. The molecule has 1 aromatic heterocycles. The van der Waals surface area contributed by atoms with Gasteiger partial charge in [0.05, 0.1) is 4.90 Å². The van der Waals surface area contributed by atoms with Crippen LogP contribution in [0.4, 0.5) is 0 Å². The molecule has 0 radical (unpaired) electrons. The summed E-state index contributed by atoms with van der Waals surface area (Å²) < 4.78 is 32.8. The highest BCUT2D eigenvalue weighted by atomic mass is 32.2. The third-order valence-electron chi connectivity index (χ3n) is 4.44. The second-order valence-electron chi connectivity index (χ2n) is 6.66. The topological polar surface area (TPSA) is 102 Å². The van der Waals surface area contributed by atoms with Gasteiger partial charge in [-0.3, -0.25) is 0 Å². The van der Waals surface area contributed by atoms with Gasteiger partial charge in [-0.1, -0.05) is 23.8 Å². The molecule has 0 unspecified atom stereocenters. The molecule has 1 aliphatic heterocycles. The Hall–Kier alpha value is -2.07. The van der Waals surface area contributed by atoms with Crippen molar-refractivity contribution in [2.24, 2.45) is 0 Å². The lowest BCUT2D eigenvalue weighted by Crippen LogP contribution is -2.45. The highest BCUT2D eigenvalue weighted by Crippen LogP contribution is 2.16. The molecule has 2 N–H and O–H groups in total. The summed E-state index contributed by atoms with van der Waals surface area (Å²) in [7, 11) is -3.95. The Balaban J connectivity index is 1.76. The fourth-order valence-corrected chi connectivity index (χ4v) is 4.84. The van der Waals surface area contributed by atoms with Gasteiger partial charge in [-0.2, -0.15) is 4.72 Å². The van der Waals surface area contributed by atoms with Crippen LogP contribution in [0.3, 0.4) is 0 Å². The first-order valence-corrected chi connectivity index (χ1v) is 11.3. The largest absolute Gasteiger partial charge is 0.391 e. The average molecular weight is 423 g/mol. The molecule has 2 aromatic rings. The van der Waals surface area contributed by atoms with Gasteiger partial charge in [0.1, 0.15) is 12.1 Å². The molecule has 28 heavy (non-hydrogen) atoms. The van der Waals surface area contributed by atoms with E-state index in [2.05, 4.69) is 10.0 Å². The molecular weight excluding hydrogens is 400 g/mol. The molecule has 0 spiro atoms. The summed E-state index contributed by atoms with van der Waals surface area (Å²) in [6.45, 7) is 2.54. The van der Waals surface area contributed by atoms with Crippen molar-refractivity contribution in [3.8, 4) is 0 Å². The van der Waals surface area contributed by atoms with E-state index in [-0.39, 0.29) is 11.3 Å². The summed E-state index contributed by atoms with van der Waals surface area (Å²) in [5.41, 5.74) is 0.920. The van der Waals surface area contributed by atoms with Crippen LogP contribution < -0.4 is 10.0 Å². The number of hydrogen-bond acceptors (Lipinski definition) is 7. The van der Waals surface area contributed by atoms with E-state index in [9.17, 15) is 18.0 Å². The molecule has 1 aromatic carbocycles. The van der Waals surface area contributed by atoms with Crippen molar-refractivity contribution >= 4 is 33.3 Å². The molecular formula is C19H22N2O5S2. The molecule has 2 heterocycles. The predicted octanol–water partition coefficient (Wildman–Crippen LogP) is 1.77. The van der Waals surface area contributed by atoms with Crippen molar-refractivity contribution in [1.29, 1.82) is 0 Å². The van der Waals surface area contributed by atoms with E-state index < -0.39 is 34.0 Å². The molecule has 0 aliphatic carbocycles. The van der Waals surface area contributed by atoms with E-state index >= 15 is 0 Å². The highest BCUT2D eigenvalue weighted by Gasteiger charge is 2.32. The summed E-state index contributed by atoms with van der Waals surface area (Å²) in [5, 5.41) is 4.80. The van der Waals surface area contributed by atoms with Gasteiger partial charge in [-0.15, -0.1) is 11.3 Å². The number of esters is 2. The van der Waals surface area contributed by atoms with E-state index in [0.717, 1.165) is 16.9 Å². The van der Waals surface area contributed by atoms with Crippen LogP contribution in [-0.2, 0) is 30.8 Å². The lowest BCUT2D eigenvalue weighted by atomic mass is 10.2. The van der Waals surface area contributed by atoms with Crippen molar-refractivity contribution in [3.63, 3.8) is 0 Å². The van der Waals surface area contributed by atoms with Gasteiger partial charge in [-0.25, -0.2) is 18.0 Å². The number of carbonyl (C=O) groups excluding carboxylic acids is 2. The van der Waals surface area contributed by atoms with Crippen LogP contribution in [0.5, 0.6) is 0 Å². The summed E-state index contributed by atoms with van der Waals surface area (Å²) in [6.07, 6.45) is 1.52. The maximum atomic E-state index is 12.7. The second kappa shape index (κ2) is 8.95. The first-order chi connectivity index (χ1) is 13.3. The number of carbonyl (C=O) groups is 2. The zero-order valence-corrected chi connectivity index (χ0v) is 17.0. The Morgan fingerprint density at radius 1 is 1.29 bits per heavy atom. The number of sulfonamides is 1. The Labute approximate surface area is 168 Å².